The Bertz CT molecular complexity index is 780. The van der Waals surface area contributed by atoms with Crippen molar-refractivity contribution in [1.29, 1.82) is 0 Å². The zero-order chi connectivity index (χ0) is 15.8. The first-order valence-electron chi connectivity index (χ1n) is 6.26. The van der Waals surface area contributed by atoms with Crippen LogP contribution in [0.5, 0.6) is 0 Å². The Hall–Kier alpha value is -1.59. The molecule has 0 atom stereocenters. The molecule has 0 bridgehead atoms. The van der Waals surface area contributed by atoms with E-state index < -0.39 is 15.8 Å². The highest BCUT2D eigenvalue weighted by molar-refractivity contribution is 7.92. The zero-order valence-corrected chi connectivity index (χ0v) is 13.4. The molecule has 6 heteroatoms. The van der Waals surface area contributed by atoms with Gasteiger partial charge in [0.2, 0.25) is 0 Å². The summed E-state index contributed by atoms with van der Waals surface area (Å²) in [5.41, 5.74) is 1.92. The van der Waals surface area contributed by atoms with E-state index in [0.717, 1.165) is 5.56 Å². The van der Waals surface area contributed by atoms with Gasteiger partial charge in [0.05, 0.1) is 15.6 Å². The van der Waals surface area contributed by atoms with Crippen molar-refractivity contribution in [2.45, 2.75) is 25.7 Å². The van der Waals surface area contributed by atoms with Gasteiger partial charge in [0.1, 0.15) is 5.82 Å². The lowest BCUT2D eigenvalue weighted by Crippen LogP contribution is -2.16. The predicted molar refractivity (Wildman–Crippen MR) is 82.9 cm³/mol. The van der Waals surface area contributed by atoms with Gasteiger partial charge in [-0.1, -0.05) is 17.7 Å². The van der Waals surface area contributed by atoms with E-state index in [-0.39, 0.29) is 4.90 Å². The standard InChI is InChI=1S/C15H15ClFNO2S/c1-9-4-5-14(13(16)6-9)18-21(19,20)15-10(2)7-12(17)8-11(15)3/h4-8,18H,1-3H3. The summed E-state index contributed by atoms with van der Waals surface area (Å²) >= 11 is 6.04. The fourth-order valence-electron chi connectivity index (χ4n) is 2.22. The fourth-order valence-corrected chi connectivity index (χ4v) is 4.09. The van der Waals surface area contributed by atoms with Crippen LogP contribution in [0.25, 0.3) is 0 Å². The number of sulfonamides is 1. The van der Waals surface area contributed by atoms with E-state index in [1.165, 1.54) is 12.1 Å². The van der Waals surface area contributed by atoms with Crippen LogP contribution in [0.15, 0.2) is 35.2 Å². The fraction of sp³-hybridized carbons (Fsp3) is 0.200. The number of halogens is 2. The number of rotatable bonds is 3. The van der Waals surface area contributed by atoms with E-state index in [0.29, 0.717) is 21.8 Å². The maximum Gasteiger partial charge on any atom is 0.262 e. The number of nitrogens with one attached hydrogen (secondary N) is 1. The van der Waals surface area contributed by atoms with Crippen molar-refractivity contribution in [2.24, 2.45) is 0 Å². The summed E-state index contributed by atoms with van der Waals surface area (Å²) in [5.74, 6) is -0.461. The summed E-state index contributed by atoms with van der Waals surface area (Å²) < 4.78 is 40.7. The molecule has 0 aliphatic rings. The predicted octanol–water partition coefficient (Wildman–Crippen LogP) is 4.21. The lowest BCUT2D eigenvalue weighted by atomic mass is 10.1. The van der Waals surface area contributed by atoms with E-state index in [1.54, 1.807) is 32.0 Å². The second kappa shape index (κ2) is 5.66. The minimum absolute atomic E-state index is 0.0699. The van der Waals surface area contributed by atoms with Gasteiger partial charge in [0.25, 0.3) is 10.0 Å². The molecule has 2 rings (SSSR count). The molecule has 0 fully saturated rings. The number of anilines is 1. The molecular weight excluding hydrogens is 313 g/mol. The molecule has 3 nitrogen and oxygen atoms in total. The summed E-state index contributed by atoms with van der Waals surface area (Å²) in [6.45, 7) is 4.97. The number of hydrogen-bond acceptors (Lipinski definition) is 2. The summed E-state index contributed by atoms with van der Waals surface area (Å²) in [4.78, 5) is 0.0699. The summed E-state index contributed by atoms with van der Waals surface area (Å²) in [5, 5.41) is 0.316. The van der Waals surface area contributed by atoms with Gasteiger partial charge < -0.3 is 0 Å². The summed E-state index contributed by atoms with van der Waals surface area (Å²) in [7, 11) is -3.83. The minimum Gasteiger partial charge on any atom is -0.278 e. The van der Waals surface area contributed by atoms with Crippen LogP contribution in [0.2, 0.25) is 5.02 Å². The van der Waals surface area contributed by atoms with Gasteiger partial charge in [0.15, 0.2) is 0 Å². The monoisotopic (exact) mass is 327 g/mol. The van der Waals surface area contributed by atoms with E-state index in [2.05, 4.69) is 4.72 Å². The molecule has 0 aliphatic heterocycles. The Morgan fingerprint density at radius 3 is 2.14 bits per heavy atom. The van der Waals surface area contributed by atoms with Crippen molar-refractivity contribution in [3.63, 3.8) is 0 Å². The third-order valence-corrected chi connectivity index (χ3v) is 5.05. The average Bonchev–Trinajstić information content (AvgIpc) is 2.30. The van der Waals surface area contributed by atoms with Crippen molar-refractivity contribution in [3.05, 3.63) is 57.9 Å². The molecule has 0 aliphatic carbocycles. The van der Waals surface area contributed by atoms with Gasteiger partial charge in [-0.05, 0) is 61.7 Å². The normalized spacial score (nSPS) is 11.5. The van der Waals surface area contributed by atoms with E-state index >= 15 is 0 Å². The summed E-state index contributed by atoms with van der Waals surface area (Å²) in [6.07, 6.45) is 0. The Morgan fingerprint density at radius 1 is 1.05 bits per heavy atom. The van der Waals surface area contributed by atoms with Crippen molar-refractivity contribution in [1.82, 2.24) is 0 Å². The lowest BCUT2D eigenvalue weighted by Gasteiger charge is -2.14. The number of benzene rings is 2. The second-order valence-corrected chi connectivity index (χ2v) is 6.98. The van der Waals surface area contributed by atoms with Crippen LogP contribution in [0, 0.1) is 26.6 Å². The number of aryl methyl sites for hydroxylation is 3. The van der Waals surface area contributed by atoms with Gasteiger partial charge in [-0.25, -0.2) is 12.8 Å². The SMILES string of the molecule is Cc1ccc(NS(=O)(=O)c2c(C)cc(F)cc2C)c(Cl)c1. The van der Waals surface area contributed by atoms with E-state index in [1.807, 2.05) is 6.92 Å². The first kappa shape index (κ1) is 15.8. The first-order chi connectivity index (χ1) is 9.70. The highest BCUT2D eigenvalue weighted by Crippen LogP contribution is 2.28. The Kier molecular flexibility index (Phi) is 4.25. The third-order valence-electron chi connectivity index (χ3n) is 3.06. The van der Waals surface area contributed by atoms with E-state index in [4.69, 9.17) is 11.6 Å². The van der Waals surface area contributed by atoms with Gasteiger partial charge in [-0.3, -0.25) is 4.72 Å². The molecule has 0 aromatic heterocycles. The zero-order valence-electron chi connectivity index (χ0n) is 11.9. The van der Waals surface area contributed by atoms with Crippen LogP contribution in [0.3, 0.4) is 0 Å². The Morgan fingerprint density at radius 2 is 1.62 bits per heavy atom. The topological polar surface area (TPSA) is 46.2 Å². The van der Waals surface area contributed by atoms with Crippen LogP contribution in [-0.4, -0.2) is 8.42 Å². The molecule has 21 heavy (non-hydrogen) atoms. The van der Waals surface area contributed by atoms with Gasteiger partial charge in [0, 0.05) is 0 Å². The smallest absolute Gasteiger partial charge is 0.262 e. The van der Waals surface area contributed by atoms with Gasteiger partial charge >= 0.3 is 0 Å². The summed E-state index contributed by atoms with van der Waals surface area (Å²) in [6, 6.07) is 7.41. The van der Waals surface area contributed by atoms with Crippen LogP contribution in [0.4, 0.5) is 10.1 Å². The lowest BCUT2D eigenvalue weighted by molar-refractivity contribution is 0.597. The molecule has 0 spiro atoms. The molecular formula is C15H15ClFNO2S. The third kappa shape index (κ3) is 3.36. The average molecular weight is 328 g/mol. The highest BCUT2D eigenvalue weighted by atomic mass is 35.5. The molecule has 0 radical (unpaired) electrons. The Labute approximate surface area is 128 Å². The number of hydrogen-bond donors (Lipinski definition) is 1. The van der Waals surface area contributed by atoms with Crippen molar-refractivity contribution in [2.75, 3.05) is 4.72 Å². The quantitative estimate of drug-likeness (QED) is 0.918. The molecule has 0 heterocycles. The van der Waals surface area contributed by atoms with Gasteiger partial charge in [-0.15, -0.1) is 0 Å². The maximum atomic E-state index is 13.3. The molecule has 0 unspecified atom stereocenters. The van der Waals surface area contributed by atoms with Crippen LogP contribution < -0.4 is 4.72 Å². The molecule has 0 amide bonds. The largest absolute Gasteiger partial charge is 0.278 e. The molecule has 0 saturated heterocycles. The van der Waals surface area contributed by atoms with Crippen LogP contribution in [-0.2, 0) is 10.0 Å². The molecule has 0 saturated carbocycles. The molecule has 1 N–H and O–H groups in total. The molecule has 2 aromatic carbocycles. The van der Waals surface area contributed by atoms with Crippen molar-refractivity contribution in [3.8, 4) is 0 Å². The van der Waals surface area contributed by atoms with Crippen LogP contribution in [0.1, 0.15) is 16.7 Å². The van der Waals surface area contributed by atoms with E-state index in [9.17, 15) is 12.8 Å². The van der Waals surface area contributed by atoms with Crippen LogP contribution >= 0.6 is 11.6 Å². The maximum absolute atomic E-state index is 13.3. The van der Waals surface area contributed by atoms with Gasteiger partial charge in [-0.2, -0.15) is 0 Å². The van der Waals surface area contributed by atoms with Crippen molar-refractivity contribution < 1.29 is 12.8 Å². The molecule has 2 aromatic rings. The minimum atomic E-state index is -3.83. The molecule has 112 valence electrons. The highest BCUT2D eigenvalue weighted by Gasteiger charge is 2.21. The second-order valence-electron chi connectivity index (χ2n) is 4.96. The first-order valence-corrected chi connectivity index (χ1v) is 8.12. The van der Waals surface area contributed by atoms with Crippen molar-refractivity contribution >= 4 is 27.3 Å². The Balaban J connectivity index is 2.48.